The summed E-state index contributed by atoms with van der Waals surface area (Å²) in [7, 11) is 1.53. The molecule has 0 aliphatic carbocycles. The van der Waals surface area contributed by atoms with Gasteiger partial charge in [0.25, 0.3) is 0 Å². The highest BCUT2D eigenvalue weighted by Gasteiger charge is 2.07. The normalized spacial score (nSPS) is 10.2. The van der Waals surface area contributed by atoms with E-state index in [9.17, 15) is 0 Å². The van der Waals surface area contributed by atoms with E-state index in [0.717, 1.165) is 12.0 Å². The molecule has 100 valence electrons. The second-order valence-corrected chi connectivity index (χ2v) is 3.91. The molecule has 2 aromatic rings. The number of nitrogens with two attached hydrogens (primary N) is 1. The predicted molar refractivity (Wildman–Crippen MR) is 72.0 cm³/mol. The lowest BCUT2D eigenvalue weighted by Gasteiger charge is -2.07. The Hall–Kier alpha value is -2.37. The lowest BCUT2D eigenvalue weighted by Crippen LogP contribution is -2.00. The van der Waals surface area contributed by atoms with E-state index >= 15 is 0 Å². The Bertz CT molecular complexity index is 560. The highest BCUT2D eigenvalue weighted by molar-refractivity contribution is 5.61. The number of anilines is 1. The molecule has 6 heteroatoms. The van der Waals surface area contributed by atoms with Gasteiger partial charge in [0.05, 0.1) is 25.6 Å². The predicted octanol–water partition coefficient (Wildman–Crippen LogP) is 1.92. The van der Waals surface area contributed by atoms with Gasteiger partial charge in [-0.15, -0.1) is 0 Å². The van der Waals surface area contributed by atoms with Crippen molar-refractivity contribution < 1.29 is 9.47 Å². The number of nitrogens with zero attached hydrogens (tertiary/aromatic N) is 3. The fourth-order valence-electron chi connectivity index (χ4n) is 1.55. The summed E-state index contributed by atoms with van der Waals surface area (Å²) in [6, 6.07) is 3.57. The number of rotatable bonds is 5. The molecule has 0 radical (unpaired) electrons. The molecule has 0 fully saturated rings. The molecule has 0 atom stereocenters. The zero-order valence-electron chi connectivity index (χ0n) is 11.0. The first-order chi connectivity index (χ1) is 9.22. The summed E-state index contributed by atoms with van der Waals surface area (Å²) >= 11 is 0. The summed E-state index contributed by atoms with van der Waals surface area (Å²) in [6.45, 7) is 2.70. The van der Waals surface area contributed by atoms with Crippen molar-refractivity contribution in [2.24, 2.45) is 0 Å². The van der Waals surface area contributed by atoms with Gasteiger partial charge in [0.2, 0.25) is 11.8 Å². The molecule has 0 aromatic carbocycles. The van der Waals surface area contributed by atoms with Crippen molar-refractivity contribution in [1.82, 2.24) is 15.0 Å². The Labute approximate surface area is 111 Å². The molecule has 2 N–H and O–H groups in total. The van der Waals surface area contributed by atoms with Crippen LogP contribution in [-0.4, -0.2) is 28.7 Å². The Morgan fingerprint density at radius 3 is 2.79 bits per heavy atom. The minimum atomic E-state index is 0.161. The summed E-state index contributed by atoms with van der Waals surface area (Å²) < 4.78 is 10.6. The Morgan fingerprint density at radius 2 is 2.05 bits per heavy atom. The molecule has 2 heterocycles. The van der Waals surface area contributed by atoms with E-state index in [2.05, 4.69) is 15.0 Å². The summed E-state index contributed by atoms with van der Waals surface area (Å²) in [4.78, 5) is 12.2. The van der Waals surface area contributed by atoms with Gasteiger partial charge in [-0.2, -0.15) is 4.98 Å². The molecule has 0 aliphatic rings. The Balaban J connectivity index is 2.32. The third-order valence-corrected chi connectivity index (χ3v) is 2.41. The van der Waals surface area contributed by atoms with E-state index < -0.39 is 0 Å². The number of hydrogen-bond acceptors (Lipinski definition) is 6. The topological polar surface area (TPSA) is 83.2 Å². The first-order valence-electron chi connectivity index (χ1n) is 5.99. The first kappa shape index (κ1) is 13.1. The summed E-state index contributed by atoms with van der Waals surface area (Å²) in [6.07, 6.45) is 4.31. The van der Waals surface area contributed by atoms with Crippen molar-refractivity contribution in [3.8, 4) is 22.9 Å². The molecule has 6 nitrogen and oxygen atoms in total. The van der Waals surface area contributed by atoms with Gasteiger partial charge in [0.1, 0.15) is 5.75 Å². The zero-order chi connectivity index (χ0) is 13.7. The van der Waals surface area contributed by atoms with Gasteiger partial charge in [-0.3, -0.25) is 4.98 Å². The lowest BCUT2D eigenvalue weighted by molar-refractivity contribution is 0.316. The molecule has 2 rings (SSSR count). The molecule has 0 aliphatic heterocycles. The molecule has 2 aromatic heterocycles. The minimum absolute atomic E-state index is 0.161. The van der Waals surface area contributed by atoms with Crippen LogP contribution in [0.4, 0.5) is 5.95 Å². The van der Waals surface area contributed by atoms with Crippen LogP contribution in [-0.2, 0) is 0 Å². The highest BCUT2D eigenvalue weighted by atomic mass is 16.5. The van der Waals surface area contributed by atoms with E-state index in [1.165, 1.54) is 7.11 Å². The summed E-state index contributed by atoms with van der Waals surface area (Å²) in [5.41, 5.74) is 7.09. The van der Waals surface area contributed by atoms with Gasteiger partial charge in [-0.05, 0) is 12.5 Å². The van der Waals surface area contributed by atoms with E-state index in [1.54, 1.807) is 18.5 Å². The monoisotopic (exact) mass is 260 g/mol. The maximum absolute atomic E-state index is 5.64. The van der Waals surface area contributed by atoms with E-state index in [1.807, 2.05) is 13.0 Å². The van der Waals surface area contributed by atoms with Crippen molar-refractivity contribution >= 4 is 5.95 Å². The van der Waals surface area contributed by atoms with Crippen molar-refractivity contribution in [2.45, 2.75) is 13.3 Å². The maximum Gasteiger partial charge on any atom is 0.223 e. The second kappa shape index (κ2) is 5.99. The smallest absolute Gasteiger partial charge is 0.223 e. The minimum Gasteiger partial charge on any atom is -0.492 e. The SMILES string of the molecule is CCCOc1cncc(-c2cc(OC)nc(N)n2)c1. The van der Waals surface area contributed by atoms with E-state index in [-0.39, 0.29) is 5.95 Å². The van der Waals surface area contributed by atoms with Gasteiger partial charge < -0.3 is 15.2 Å². The first-order valence-corrected chi connectivity index (χ1v) is 5.99. The molecule has 0 saturated heterocycles. The Kier molecular flexibility index (Phi) is 4.12. The highest BCUT2D eigenvalue weighted by Crippen LogP contribution is 2.24. The average Bonchev–Trinajstić information content (AvgIpc) is 2.44. The number of pyridine rings is 1. The standard InChI is InChI=1S/C13H16N4O2/c1-3-4-19-10-5-9(7-15-8-10)11-6-12(18-2)17-13(14)16-11/h5-8H,3-4H2,1-2H3,(H2,14,16,17). The maximum atomic E-state index is 5.64. The van der Waals surface area contributed by atoms with Crippen LogP contribution >= 0.6 is 0 Å². The average molecular weight is 260 g/mol. The van der Waals surface area contributed by atoms with Crippen LogP contribution in [0.3, 0.4) is 0 Å². The van der Waals surface area contributed by atoms with Crippen LogP contribution in [0.15, 0.2) is 24.5 Å². The fourth-order valence-corrected chi connectivity index (χ4v) is 1.55. The molecule has 0 bridgehead atoms. The zero-order valence-corrected chi connectivity index (χ0v) is 11.0. The number of aromatic nitrogens is 3. The molecule has 19 heavy (non-hydrogen) atoms. The molecule has 0 unspecified atom stereocenters. The van der Waals surface area contributed by atoms with Crippen LogP contribution in [0, 0.1) is 0 Å². The largest absolute Gasteiger partial charge is 0.492 e. The van der Waals surface area contributed by atoms with Crippen molar-refractivity contribution in [3.05, 3.63) is 24.5 Å². The third kappa shape index (κ3) is 3.31. The van der Waals surface area contributed by atoms with E-state index in [4.69, 9.17) is 15.2 Å². The summed E-state index contributed by atoms with van der Waals surface area (Å²) in [5.74, 6) is 1.28. The molecule has 0 spiro atoms. The van der Waals surface area contributed by atoms with Crippen molar-refractivity contribution in [2.75, 3.05) is 19.5 Å². The van der Waals surface area contributed by atoms with Gasteiger partial charge in [-0.1, -0.05) is 6.92 Å². The number of ether oxygens (including phenoxy) is 2. The van der Waals surface area contributed by atoms with E-state index in [0.29, 0.717) is 23.9 Å². The van der Waals surface area contributed by atoms with Crippen LogP contribution in [0.1, 0.15) is 13.3 Å². The van der Waals surface area contributed by atoms with Crippen LogP contribution < -0.4 is 15.2 Å². The van der Waals surface area contributed by atoms with Gasteiger partial charge in [0.15, 0.2) is 0 Å². The molecule has 0 amide bonds. The van der Waals surface area contributed by atoms with Gasteiger partial charge in [-0.25, -0.2) is 4.98 Å². The van der Waals surface area contributed by atoms with Gasteiger partial charge in [0, 0.05) is 17.8 Å². The van der Waals surface area contributed by atoms with Crippen molar-refractivity contribution in [3.63, 3.8) is 0 Å². The number of nitrogen functional groups attached to an aromatic ring is 1. The lowest BCUT2D eigenvalue weighted by atomic mass is 10.2. The van der Waals surface area contributed by atoms with Crippen LogP contribution in [0.25, 0.3) is 11.3 Å². The quantitative estimate of drug-likeness (QED) is 0.884. The van der Waals surface area contributed by atoms with Crippen LogP contribution in [0.2, 0.25) is 0 Å². The van der Waals surface area contributed by atoms with Crippen molar-refractivity contribution in [1.29, 1.82) is 0 Å². The molecule has 0 saturated carbocycles. The second-order valence-electron chi connectivity index (χ2n) is 3.91. The van der Waals surface area contributed by atoms with Gasteiger partial charge >= 0.3 is 0 Å². The summed E-state index contributed by atoms with van der Waals surface area (Å²) in [5, 5.41) is 0. The Morgan fingerprint density at radius 1 is 1.21 bits per heavy atom. The number of methoxy groups -OCH3 is 1. The fraction of sp³-hybridized carbons (Fsp3) is 0.308. The molecular weight excluding hydrogens is 244 g/mol. The third-order valence-electron chi connectivity index (χ3n) is 2.41. The number of hydrogen-bond donors (Lipinski definition) is 1. The van der Waals surface area contributed by atoms with Crippen LogP contribution in [0.5, 0.6) is 11.6 Å². The molecular formula is C13H16N4O2.